The fraction of sp³-hybridized carbons (Fsp3) is 0.174. The summed E-state index contributed by atoms with van der Waals surface area (Å²) in [6.45, 7) is 0.570. The number of ether oxygens (including phenoxy) is 1. The summed E-state index contributed by atoms with van der Waals surface area (Å²) in [5.41, 5.74) is 4.34. The molecule has 0 aliphatic heterocycles. The van der Waals surface area contributed by atoms with Crippen molar-refractivity contribution < 1.29 is 4.74 Å². The number of hydrogen-bond donors (Lipinski definition) is 0. The van der Waals surface area contributed by atoms with Gasteiger partial charge in [0, 0.05) is 0 Å². The van der Waals surface area contributed by atoms with E-state index in [-0.39, 0.29) is 5.41 Å². The van der Waals surface area contributed by atoms with Crippen LogP contribution in [-0.4, -0.2) is 0 Å². The summed E-state index contributed by atoms with van der Waals surface area (Å²) in [5.74, 6) is 0.861. The Kier molecular flexibility index (Phi) is 3.99. The largest absolute Gasteiger partial charge is 0.489 e. The third-order valence-electron chi connectivity index (χ3n) is 4.82. The molecule has 0 atom stereocenters. The lowest BCUT2D eigenvalue weighted by Gasteiger charge is -2.10. The quantitative estimate of drug-likeness (QED) is 0.621. The molecule has 0 radical (unpaired) electrons. The highest BCUT2D eigenvalue weighted by Gasteiger charge is 2.44. The molecule has 1 saturated carbocycles. The van der Waals surface area contributed by atoms with Crippen molar-refractivity contribution in [3.05, 3.63) is 90.0 Å². The van der Waals surface area contributed by atoms with Crippen molar-refractivity contribution in [3.8, 4) is 22.9 Å². The van der Waals surface area contributed by atoms with E-state index in [0.717, 1.165) is 40.8 Å². The van der Waals surface area contributed by atoms with Crippen molar-refractivity contribution in [2.75, 3.05) is 0 Å². The van der Waals surface area contributed by atoms with Crippen LogP contribution in [0.4, 0.5) is 0 Å². The molecule has 4 rings (SSSR count). The summed E-state index contributed by atoms with van der Waals surface area (Å²) in [4.78, 5) is 0. The van der Waals surface area contributed by atoms with Gasteiger partial charge in [-0.25, -0.2) is 0 Å². The molecular weight excluding hydrogens is 306 g/mol. The Morgan fingerprint density at radius 2 is 1.60 bits per heavy atom. The molecule has 3 aromatic carbocycles. The van der Waals surface area contributed by atoms with Gasteiger partial charge in [-0.2, -0.15) is 5.26 Å². The van der Waals surface area contributed by atoms with Gasteiger partial charge in [0.2, 0.25) is 0 Å². The zero-order valence-electron chi connectivity index (χ0n) is 14.0. The average molecular weight is 325 g/mol. The van der Waals surface area contributed by atoms with Gasteiger partial charge in [-0.1, -0.05) is 60.7 Å². The summed E-state index contributed by atoms with van der Waals surface area (Å²) in [6.07, 6.45) is 1.94. The van der Waals surface area contributed by atoms with Gasteiger partial charge >= 0.3 is 0 Å². The van der Waals surface area contributed by atoms with E-state index < -0.39 is 0 Å². The van der Waals surface area contributed by atoms with Gasteiger partial charge in [0.1, 0.15) is 12.4 Å². The van der Waals surface area contributed by atoms with Crippen LogP contribution in [0.25, 0.3) is 11.1 Å². The third kappa shape index (κ3) is 3.27. The highest BCUT2D eigenvalue weighted by molar-refractivity contribution is 5.66. The molecule has 0 N–H and O–H groups in total. The molecule has 0 aromatic heterocycles. The van der Waals surface area contributed by atoms with Crippen LogP contribution in [0.2, 0.25) is 0 Å². The van der Waals surface area contributed by atoms with Crippen molar-refractivity contribution in [2.24, 2.45) is 0 Å². The lowest BCUT2D eigenvalue weighted by Crippen LogP contribution is -2.02. The van der Waals surface area contributed by atoms with Gasteiger partial charge in [-0.3, -0.25) is 0 Å². The zero-order chi connectivity index (χ0) is 17.1. The maximum absolute atomic E-state index is 9.39. The first-order valence-electron chi connectivity index (χ1n) is 8.58. The molecule has 1 aliphatic carbocycles. The predicted octanol–water partition coefficient (Wildman–Crippen LogP) is 5.49. The third-order valence-corrected chi connectivity index (χ3v) is 4.82. The van der Waals surface area contributed by atoms with Crippen molar-refractivity contribution in [1.82, 2.24) is 0 Å². The Morgan fingerprint density at radius 1 is 0.840 bits per heavy atom. The molecule has 0 spiro atoms. The Hall–Kier alpha value is -3.05. The molecule has 0 unspecified atom stereocenters. The van der Waals surface area contributed by atoms with Crippen molar-refractivity contribution in [3.63, 3.8) is 0 Å². The number of benzene rings is 3. The molecule has 3 aromatic rings. The van der Waals surface area contributed by atoms with Gasteiger partial charge in [0.25, 0.3) is 0 Å². The van der Waals surface area contributed by atoms with Crippen LogP contribution in [0.3, 0.4) is 0 Å². The van der Waals surface area contributed by atoms with E-state index in [1.54, 1.807) is 0 Å². The SMILES string of the molecule is N#CC1(c2cccc(-c3ccc(OCc4ccccc4)cc3)c2)CC1. The monoisotopic (exact) mass is 325 g/mol. The van der Waals surface area contributed by atoms with E-state index in [4.69, 9.17) is 4.74 Å². The number of nitrogens with zero attached hydrogens (tertiary/aromatic N) is 1. The van der Waals surface area contributed by atoms with Crippen molar-refractivity contribution in [1.29, 1.82) is 5.26 Å². The minimum absolute atomic E-state index is 0.241. The average Bonchev–Trinajstić information content (AvgIpc) is 3.49. The Labute approximate surface area is 148 Å². The number of hydrogen-bond acceptors (Lipinski definition) is 2. The first-order valence-corrected chi connectivity index (χ1v) is 8.58. The Balaban J connectivity index is 1.49. The van der Waals surface area contributed by atoms with Crippen molar-refractivity contribution in [2.45, 2.75) is 24.9 Å². The van der Waals surface area contributed by atoms with E-state index in [1.807, 2.05) is 36.4 Å². The first kappa shape index (κ1) is 15.5. The van der Waals surface area contributed by atoms with E-state index in [9.17, 15) is 5.26 Å². The van der Waals surface area contributed by atoms with Crippen LogP contribution in [-0.2, 0) is 12.0 Å². The fourth-order valence-electron chi connectivity index (χ4n) is 3.07. The second-order valence-corrected chi connectivity index (χ2v) is 6.57. The van der Waals surface area contributed by atoms with Crippen LogP contribution >= 0.6 is 0 Å². The van der Waals surface area contributed by atoms with Crippen LogP contribution in [0, 0.1) is 11.3 Å². The van der Waals surface area contributed by atoms with Crippen LogP contribution in [0.1, 0.15) is 24.0 Å². The number of rotatable bonds is 5. The van der Waals surface area contributed by atoms with Gasteiger partial charge in [-0.15, -0.1) is 0 Å². The van der Waals surface area contributed by atoms with Gasteiger partial charge in [0.05, 0.1) is 11.5 Å². The predicted molar refractivity (Wildman–Crippen MR) is 99.2 cm³/mol. The first-order chi connectivity index (χ1) is 12.3. The summed E-state index contributed by atoms with van der Waals surface area (Å²) < 4.78 is 5.85. The van der Waals surface area contributed by atoms with Gasteiger partial charge in [0.15, 0.2) is 0 Å². The van der Waals surface area contributed by atoms with Gasteiger partial charge < -0.3 is 4.74 Å². The summed E-state index contributed by atoms with van der Waals surface area (Å²) in [5, 5.41) is 9.39. The van der Waals surface area contributed by atoms with E-state index >= 15 is 0 Å². The molecule has 2 heteroatoms. The second kappa shape index (κ2) is 6.45. The molecule has 2 nitrogen and oxygen atoms in total. The summed E-state index contributed by atoms with van der Waals surface area (Å²) in [7, 11) is 0. The molecule has 122 valence electrons. The molecule has 1 aliphatic rings. The zero-order valence-corrected chi connectivity index (χ0v) is 14.0. The second-order valence-electron chi connectivity index (χ2n) is 6.57. The Bertz CT molecular complexity index is 903. The van der Waals surface area contributed by atoms with E-state index in [0.29, 0.717) is 6.61 Å². The van der Waals surface area contributed by atoms with Crippen molar-refractivity contribution >= 4 is 0 Å². The van der Waals surface area contributed by atoms with Gasteiger partial charge in [-0.05, 0) is 53.3 Å². The molecule has 0 bridgehead atoms. The number of nitriles is 1. The molecule has 1 fully saturated rings. The maximum atomic E-state index is 9.39. The smallest absolute Gasteiger partial charge is 0.119 e. The maximum Gasteiger partial charge on any atom is 0.119 e. The molecule has 0 heterocycles. The highest BCUT2D eigenvalue weighted by atomic mass is 16.5. The molecule has 25 heavy (non-hydrogen) atoms. The summed E-state index contributed by atoms with van der Waals surface area (Å²) in [6, 6.07) is 29.1. The van der Waals surface area contributed by atoms with Crippen LogP contribution in [0.5, 0.6) is 5.75 Å². The molecule has 0 saturated heterocycles. The van der Waals surface area contributed by atoms with E-state index in [1.165, 1.54) is 0 Å². The standard InChI is InChI=1S/C23H19NO/c24-17-23(13-14-23)21-8-4-7-20(15-21)19-9-11-22(12-10-19)25-16-18-5-2-1-3-6-18/h1-12,15H,13-14,16H2. The highest BCUT2D eigenvalue weighted by Crippen LogP contribution is 2.48. The minimum atomic E-state index is -0.241. The minimum Gasteiger partial charge on any atom is -0.489 e. The Morgan fingerprint density at radius 3 is 2.28 bits per heavy atom. The summed E-state index contributed by atoms with van der Waals surface area (Å²) >= 11 is 0. The lowest BCUT2D eigenvalue weighted by molar-refractivity contribution is 0.306. The topological polar surface area (TPSA) is 33.0 Å². The van der Waals surface area contributed by atoms with Crippen LogP contribution in [0.15, 0.2) is 78.9 Å². The fourth-order valence-corrected chi connectivity index (χ4v) is 3.07. The normalized spacial score (nSPS) is 14.5. The lowest BCUT2D eigenvalue weighted by atomic mass is 9.94. The molecule has 0 amide bonds. The van der Waals surface area contributed by atoms with Crippen LogP contribution < -0.4 is 4.74 Å². The van der Waals surface area contributed by atoms with E-state index in [2.05, 4.69) is 48.5 Å². The molecular formula is C23H19NO.